The van der Waals surface area contributed by atoms with Crippen LogP contribution in [0.4, 0.5) is 0 Å². The lowest BCUT2D eigenvalue weighted by atomic mass is 9.98. The Kier molecular flexibility index (Phi) is 6.83. The summed E-state index contributed by atoms with van der Waals surface area (Å²) in [4.78, 5) is 15.8. The van der Waals surface area contributed by atoms with Crippen molar-refractivity contribution in [3.05, 3.63) is 188 Å². The second-order valence-corrected chi connectivity index (χ2v) is 14.5. The van der Waals surface area contributed by atoms with Gasteiger partial charge in [-0.25, -0.2) is 0 Å². The monoisotopic (exact) mass is 729 g/mol. The molecule has 266 valence electrons. The molecule has 0 bridgehead atoms. The molecule has 57 heavy (non-hydrogen) atoms. The van der Waals surface area contributed by atoms with Crippen LogP contribution in [-0.2, 0) is 0 Å². The van der Waals surface area contributed by atoms with Crippen molar-refractivity contribution >= 4 is 65.6 Å². The van der Waals surface area contributed by atoms with E-state index in [2.05, 4.69) is 185 Å². The highest BCUT2D eigenvalue weighted by atomic mass is 16.3. The highest BCUT2D eigenvalue weighted by Gasteiger charge is 2.20. The van der Waals surface area contributed by atoms with Crippen molar-refractivity contribution in [1.82, 2.24) is 24.1 Å². The van der Waals surface area contributed by atoms with Crippen molar-refractivity contribution in [2.75, 3.05) is 0 Å². The third-order valence-corrected chi connectivity index (χ3v) is 11.2. The molecule has 12 aromatic rings. The first-order chi connectivity index (χ1) is 28.2. The minimum Gasteiger partial charge on any atom is -0.456 e. The van der Waals surface area contributed by atoms with Crippen LogP contribution in [0.3, 0.4) is 0 Å². The molecule has 8 aromatic carbocycles. The molecule has 4 heterocycles. The van der Waals surface area contributed by atoms with Crippen LogP contribution in [0.25, 0.3) is 111 Å². The number of aromatic nitrogens is 5. The fraction of sp³-hybridized carbons (Fsp3) is 0. The molecule has 4 aromatic heterocycles. The van der Waals surface area contributed by atoms with Gasteiger partial charge < -0.3 is 4.42 Å². The van der Waals surface area contributed by atoms with E-state index in [1.807, 2.05) is 12.1 Å². The first-order valence-corrected chi connectivity index (χ1v) is 19.1. The zero-order valence-corrected chi connectivity index (χ0v) is 30.5. The quantitative estimate of drug-likeness (QED) is 0.177. The van der Waals surface area contributed by atoms with Gasteiger partial charge in [0, 0.05) is 37.9 Å². The Labute approximate surface area is 326 Å². The molecule has 0 aliphatic carbocycles. The summed E-state index contributed by atoms with van der Waals surface area (Å²) < 4.78 is 10.5. The standard InChI is InChI=1S/C51H31N5O/c1-6-19-43-37(14-1)38-15-2-7-20-44(38)55(43)50-52-49(53-51(54-50)56-45-21-8-3-16-39(45)40-17-4-9-22-46(40)56)36-13-11-12-34(30-36)32-24-26-33(27-25-32)35-28-29-42-41-18-5-10-23-47(41)57-48(42)31-35/h1-31H. The Morgan fingerprint density at radius 2 is 0.719 bits per heavy atom. The van der Waals surface area contributed by atoms with E-state index in [1.165, 1.54) is 0 Å². The lowest BCUT2D eigenvalue weighted by molar-refractivity contribution is 0.669. The first-order valence-electron chi connectivity index (χ1n) is 19.1. The predicted molar refractivity (Wildman–Crippen MR) is 232 cm³/mol. The highest BCUT2D eigenvalue weighted by molar-refractivity contribution is 6.10. The Morgan fingerprint density at radius 1 is 0.298 bits per heavy atom. The number of furan rings is 1. The average Bonchev–Trinajstić information content (AvgIpc) is 3.94. The van der Waals surface area contributed by atoms with E-state index in [0.29, 0.717) is 17.7 Å². The fourth-order valence-corrected chi connectivity index (χ4v) is 8.56. The smallest absolute Gasteiger partial charge is 0.240 e. The minimum atomic E-state index is 0.561. The van der Waals surface area contributed by atoms with Crippen LogP contribution in [0.15, 0.2) is 192 Å². The van der Waals surface area contributed by atoms with Crippen molar-refractivity contribution in [2.45, 2.75) is 0 Å². The van der Waals surface area contributed by atoms with Crippen LogP contribution in [0.5, 0.6) is 0 Å². The molecule has 0 N–H and O–H groups in total. The van der Waals surface area contributed by atoms with Crippen LogP contribution in [0.1, 0.15) is 0 Å². The number of nitrogens with zero attached hydrogens (tertiary/aromatic N) is 5. The van der Waals surface area contributed by atoms with Gasteiger partial charge in [-0.3, -0.25) is 9.13 Å². The van der Waals surface area contributed by atoms with E-state index in [1.54, 1.807) is 0 Å². The van der Waals surface area contributed by atoms with Crippen molar-refractivity contribution in [3.63, 3.8) is 0 Å². The summed E-state index contributed by atoms with van der Waals surface area (Å²) in [5.74, 6) is 1.72. The van der Waals surface area contributed by atoms with Gasteiger partial charge in [0.15, 0.2) is 5.82 Å². The van der Waals surface area contributed by atoms with Crippen LogP contribution < -0.4 is 0 Å². The molecule has 6 heteroatoms. The largest absolute Gasteiger partial charge is 0.456 e. The van der Waals surface area contributed by atoms with Crippen molar-refractivity contribution < 1.29 is 4.42 Å². The third kappa shape index (κ3) is 4.94. The Hall–Kier alpha value is -7.83. The first kappa shape index (κ1) is 31.5. The van der Waals surface area contributed by atoms with Crippen molar-refractivity contribution in [3.8, 4) is 45.5 Å². The molecule has 0 atom stereocenters. The van der Waals surface area contributed by atoms with Crippen molar-refractivity contribution in [2.24, 2.45) is 0 Å². The van der Waals surface area contributed by atoms with Gasteiger partial charge in [-0.15, -0.1) is 0 Å². The van der Waals surface area contributed by atoms with E-state index in [-0.39, 0.29) is 0 Å². The molecule has 0 spiro atoms. The molecular formula is C51H31N5O. The second kappa shape index (κ2) is 12.3. The highest BCUT2D eigenvalue weighted by Crippen LogP contribution is 2.36. The minimum absolute atomic E-state index is 0.561. The normalized spacial score (nSPS) is 11.9. The number of hydrogen-bond donors (Lipinski definition) is 0. The van der Waals surface area contributed by atoms with Gasteiger partial charge in [0.25, 0.3) is 0 Å². The molecule has 0 radical (unpaired) electrons. The summed E-state index contributed by atoms with van der Waals surface area (Å²) in [7, 11) is 0. The van der Waals surface area contributed by atoms with Crippen LogP contribution in [0, 0.1) is 0 Å². The molecule has 0 saturated heterocycles. The Balaban J connectivity index is 1.01. The van der Waals surface area contributed by atoms with E-state index >= 15 is 0 Å². The van der Waals surface area contributed by atoms with Gasteiger partial charge in [0.2, 0.25) is 11.9 Å². The summed E-state index contributed by atoms with van der Waals surface area (Å²) in [5.41, 5.74) is 11.3. The summed E-state index contributed by atoms with van der Waals surface area (Å²) in [6, 6.07) is 65.6. The molecule has 0 aliphatic rings. The number of para-hydroxylation sites is 5. The van der Waals surface area contributed by atoms with E-state index < -0.39 is 0 Å². The maximum absolute atomic E-state index is 6.19. The van der Waals surface area contributed by atoms with Crippen LogP contribution in [0.2, 0.25) is 0 Å². The average molecular weight is 730 g/mol. The molecule has 0 fully saturated rings. The summed E-state index contributed by atoms with van der Waals surface area (Å²) in [6.07, 6.45) is 0. The lowest BCUT2D eigenvalue weighted by Crippen LogP contribution is -2.10. The van der Waals surface area contributed by atoms with Crippen molar-refractivity contribution in [1.29, 1.82) is 0 Å². The SMILES string of the molecule is c1cc(-c2ccc(-c3ccc4c(c3)oc3ccccc34)cc2)cc(-c2nc(-n3c4ccccc4c4ccccc43)nc(-n3c4ccccc4c4ccccc43)n2)c1. The lowest BCUT2D eigenvalue weighted by Gasteiger charge is -2.13. The van der Waals surface area contributed by atoms with E-state index in [0.717, 1.165) is 93.4 Å². The maximum Gasteiger partial charge on any atom is 0.240 e. The van der Waals surface area contributed by atoms with Gasteiger partial charge in [0.05, 0.1) is 22.1 Å². The molecule has 0 aliphatic heterocycles. The van der Waals surface area contributed by atoms with Gasteiger partial charge in [-0.1, -0.05) is 140 Å². The predicted octanol–water partition coefficient (Wildman–Crippen LogP) is 13.0. The van der Waals surface area contributed by atoms with E-state index in [9.17, 15) is 0 Å². The Morgan fingerprint density at radius 3 is 1.26 bits per heavy atom. The number of fused-ring (bicyclic) bond motifs is 9. The van der Waals surface area contributed by atoms with E-state index in [4.69, 9.17) is 19.4 Å². The maximum atomic E-state index is 6.19. The fourth-order valence-electron chi connectivity index (χ4n) is 8.56. The number of rotatable bonds is 5. The molecule has 0 unspecified atom stereocenters. The zero-order valence-electron chi connectivity index (χ0n) is 30.5. The van der Waals surface area contributed by atoms with Crippen LogP contribution in [-0.4, -0.2) is 24.1 Å². The molecule has 0 saturated carbocycles. The number of benzene rings is 8. The summed E-state index contributed by atoms with van der Waals surface area (Å²) in [6.45, 7) is 0. The summed E-state index contributed by atoms with van der Waals surface area (Å²) in [5, 5.41) is 6.86. The number of hydrogen-bond acceptors (Lipinski definition) is 4. The van der Waals surface area contributed by atoms with Crippen LogP contribution >= 0.6 is 0 Å². The van der Waals surface area contributed by atoms with Gasteiger partial charge >= 0.3 is 0 Å². The Bertz CT molecular complexity index is 3300. The molecular weight excluding hydrogens is 699 g/mol. The molecule has 0 amide bonds. The zero-order chi connectivity index (χ0) is 37.5. The van der Waals surface area contributed by atoms with Gasteiger partial charge in [-0.05, 0) is 70.8 Å². The summed E-state index contributed by atoms with van der Waals surface area (Å²) >= 11 is 0. The molecule has 6 nitrogen and oxygen atoms in total. The van der Waals surface area contributed by atoms with Gasteiger partial charge in [-0.2, -0.15) is 15.0 Å². The van der Waals surface area contributed by atoms with Gasteiger partial charge in [0.1, 0.15) is 11.2 Å². The topological polar surface area (TPSA) is 61.7 Å². The molecule has 12 rings (SSSR count). The third-order valence-electron chi connectivity index (χ3n) is 11.2. The second-order valence-electron chi connectivity index (χ2n) is 14.5.